The van der Waals surface area contributed by atoms with Crippen LogP contribution in [0.2, 0.25) is 10.0 Å². The smallest absolute Gasteiger partial charge is 0.410 e. The molecule has 7 nitrogen and oxygen atoms in total. The van der Waals surface area contributed by atoms with Gasteiger partial charge in [0, 0.05) is 23.7 Å². The lowest BCUT2D eigenvalue weighted by molar-refractivity contribution is -0.128. The summed E-state index contributed by atoms with van der Waals surface area (Å²) >= 11 is 11.9. The van der Waals surface area contributed by atoms with Crippen LogP contribution in [0, 0.1) is 5.92 Å². The molecule has 2 N–H and O–H groups in total. The molecule has 1 aliphatic heterocycles. The third-order valence-electron chi connectivity index (χ3n) is 3.43. The van der Waals surface area contributed by atoms with E-state index in [4.69, 9.17) is 33.1 Å². The first-order valence-electron chi connectivity index (χ1n) is 7.57. The quantitative estimate of drug-likeness (QED) is 0.353. The van der Waals surface area contributed by atoms with Gasteiger partial charge in [-0.1, -0.05) is 28.4 Å². The van der Waals surface area contributed by atoms with Gasteiger partial charge in [-0.3, -0.25) is 4.79 Å². The van der Waals surface area contributed by atoms with Crippen molar-refractivity contribution in [3.63, 3.8) is 0 Å². The zero-order valence-corrected chi connectivity index (χ0v) is 15.6. The summed E-state index contributed by atoms with van der Waals surface area (Å²) in [5.41, 5.74) is -0.253. The van der Waals surface area contributed by atoms with Crippen molar-refractivity contribution in [3.05, 3.63) is 33.8 Å². The zero-order valence-electron chi connectivity index (χ0n) is 14.0. The Morgan fingerprint density at radius 3 is 2.48 bits per heavy atom. The third kappa shape index (κ3) is 4.99. The molecule has 0 bridgehead atoms. The largest absolute Gasteiger partial charge is 0.444 e. The van der Waals surface area contributed by atoms with Crippen LogP contribution in [0.4, 0.5) is 4.79 Å². The molecule has 1 aromatic rings. The second kappa shape index (κ2) is 7.49. The maximum absolute atomic E-state index is 12.2. The van der Waals surface area contributed by atoms with Crippen molar-refractivity contribution in [1.82, 2.24) is 10.2 Å². The van der Waals surface area contributed by atoms with Crippen molar-refractivity contribution in [2.45, 2.75) is 26.4 Å². The fourth-order valence-electron chi connectivity index (χ4n) is 2.17. The Bertz CT molecular complexity index is 710. The number of hydrogen-bond donors (Lipinski definition) is 2. The molecule has 1 aliphatic rings. The Kier molecular flexibility index (Phi) is 5.80. The van der Waals surface area contributed by atoms with E-state index in [2.05, 4.69) is 10.5 Å². The number of likely N-dealkylation sites (tertiary alicyclic amines) is 1. The van der Waals surface area contributed by atoms with E-state index >= 15 is 0 Å². The van der Waals surface area contributed by atoms with Gasteiger partial charge >= 0.3 is 6.09 Å². The number of hydrogen-bond acceptors (Lipinski definition) is 5. The average Bonchev–Trinajstić information content (AvgIpc) is 2.41. The van der Waals surface area contributed by atoms with Crippen LogP contribution in [0.15, 0.2) is 23.4 Å². The van der Waals surface area contributed by atoms with Gasteiger partial charge < -0.3 is 20.2 Å². The fourth-order valence-corrected chi connectivity index (χ4v) is 2.66. The van der Waals surface area contributed by atoms with Crippen LogP contribution in [0.1, 0.15) is 26.3 Å². The molecule has 0 aromatic heterocycles. The van der Waals surface area contributed by atoms with Crippen molar-refractivity contribution in [3.8, 4) is 0 Å². The van der Waals surface area contributed by atoms with Crippen molar-refractivity contribution < 1.29 is 19.5 Å². The van der Waals surface area contributed by atoms with E-state index in [-0.39, 0.29) is 29.9 Å². The Labute approximate surface area is 155 Å². The van der Waals surface area contributed by atoms with E-state index in [0.29, 0.717) is 10.6 Å². The standard InChI is InChI=1S/C16H19Cl2N3O4/c1-16(2,3)25-15(23)21-7-9(8-21)14(22)19-13(20-24)11-5-4-10(17)6-12(11)18/h4-6,9,24H,7-8H2,1-3H3,(H,19,20,22). The summed E-state index contributed by atoms with van der Waals surface area (Å²) in [6.45, 7) is 5.78. The predicted octanol–water partition coefficient (Wildman–Crippen LogP) is 3.11. The number of oxime groups is 1. The molecule has 0 unspecified atom stereocenters. The monoisotopic (exact) mass is 387 g/mol. The van der Waals surface area contributed by atoms with Gasteiger partial charge in [0.2, 0.25) is 5.91 Å². The number of carbonyl (C=O) groups is 2. The molecule has 9 heteroatoms. The Morgan fingerprint density at radius 2 is 1.96 bits per heavy atom. The molecule has 0 aliphatic carbocycles. The highest BCUT2D eigenvalue weighted by Gasteiger charge is 2.38. The van der Waals surface area contributed by atoms with Crippen LogP contribution in [0.5, 0.6) is 0 Å². The molecule has 2 amide bonds. The minimum Gasteiger partial charge on any atom is -0.444 e. The SMILES string of the molecule is CC(C)(C)OC(=O)N1CC(C(=O)N/C(=N\O)c2ccc(Cl)cc2Cl)C1. The molecular weight excluding hydrogens is 369 g/mol. The van der Waals surface area contributed by atoms with Crippen molar-refractivity contribution in [2.75, 3.05) is 13.1 Å². The van der Waals surface area contributed by atoms with Crippen LogP contribution < -0.4 is 5.32 Å². The molecule has 0 atom stereocenters. The predicted molar refractivity (Wildman–Crippen MR) is 94.2 cm³/mol. The number of rotatable bonds is 2. The second-order valence-corrected chi connectivity index (χ2v) is 7.49. The van der Waals surface area contributed by atoms with Crippen LogP contribution in [0.3, 0.4) is 0 Å². The number of amidine groups is 1. The number of nitrogens with zero attached hydrogens (tertiary/aromatic N) is 2. The molecular formula is C16H19Cl2N3O4. The van der Waals surface area contributed by atoms with Crippen LogP contribution in [-0.2, 0) is 9.53 Å². The minimum atomic E-state index is -0.591. The summed E-state index contributed by atoms with van der Waals surface area (Å²) < 4.78 is 5.23. The number of amides is 2. The highest BCUT2D eigenvalue weighted by molar-refractivity contribution is 6.37. The molecule has 0 saturated carbocycles. The van der Waals surface area contributed by atoms with Crippen LogP contribution >= 0.6 is 23.2 Å². The average molecular weight is 388 g/mol. The highest BCUT2D eigenvalue weighted by Crippen LogP contribution is 2.23. The zero-order chi connectivity index (χ0) is 18.8. The lowest BCUT2D eigenvalue weighted by Crippen LogP contribution is -2.57. The lowest BCUT2D eigenvalue weighted by atomic mass is 9.99. The minimum absolute atomic E-state index is 0.0811. The first-order chi connectivity index (χ1) is 11.6. The molecule has 2 rings (SSSR count). The van der Waals surface area contributed by atoms with E-state index in [9.17, 15) is 9.59 Å². The highest BCUT2D eigenvalue weighted by atomic mass is 35.5. The normalized spacial score (nSPS) is 15.6. The first-order valence-corrected chi connectivity index (χ1v) is 8.32. The lowest BCUT2D eigenvalue weighted by Gasteiger charge is -2.38. The summed E-state index contributed by atoms with van der Waals surface area (Å²) in [5, 5.41) is 15.4. The Balaban J connectivity index is 1.93. The number of benzene rings is 1. The first kappa shape index (κ1) is 19.3. The Morgan fingerprint density at radius 1 is 1.32 bits per heavy atom. The van der Waals surface area contributed by atoms with Gasteiger partial charge in [-0.05, 0) is 39.0 Å². The summed E-state index contributed by atoms with van der Waals surface area (Å²) in [6, 6.07) is 4.57. The fraction of sp³-hybridized carbons (Fsp3) is 0.438. The summed E-state index contributed by atoms with van der Waals surface area (Å²) in [4.78, 5) is 25.5. The summed E-state index contributed by atoms with van der Waals surface area (Å²) in [6.07, 6.45) is -0.464. The third-order valence-corrected chi connectivity index (χ3v) is 3.98. The summed E-state index contributed by atoms with van der Waals surface area (Å²) in [5.74, 6) is -0.878. The van der Waals surface area contributed by atoms with Gasteiger partial charge in [0.1, 0.15) is 5.60 Å². The van der Waals surface area contributed by atoms with Gasteiger partial charge in [-0.25, -0.2) is 4.79 Å². The van der Waals surface area contributed by atoms with Gasteiger partial charge in [-0.2, -0.15) is 0 Å². The maximum Gasteiger partial charge on any atom is 0.410 e. The number of ether oxygens (including phenoxy) is 1. The van der Waals surface area contributed by atoms with Crippen molar-refractivity contribution >= 4 is 41.0 Å². The van der Waals surface area contributed by atoms with E-state index in [0.717, 1.165) is 0 Å². The van der Waals surface area contributed by atoms with Crippen LogP contribution in [-0.4, -0.2) is 46.6 Å². The van der Waals surface area contributed by atoms with E-state index in [1.807, 2.05) is 0 Å². The molecule has 1 saturated heterocycles. The number of nitrogens with one attached hydrogen (secondary N) is 1. The molecule has 136 valence electrons. The van der Waals surface area contributed by atoms with Gasteiger partial charge in [0.25, 0.3) is 0 Å². The molecule has 1 heterocycles. The van der Waals surface area contributed by atoms with Crippen molar-refractivity contribution in [2.24, 2.45) is 11.1 Å². The van der Waals surface area contributed by atoms with E-state index in [1.165, 1.54) is 17.0 Å². The summed E-state index contributed by atoms with van der Waals surface area (Å²) in [7, 11) is 0. The molecule has 0 spiro atoms. The number of carbonyl (C=O) groups excluding carboxylic acids is 2. The maximum atomic E-state index is 12.2. The number of halogens is 2. The molecule has 25 heavy (non-hydrogen) atoms. The van der Waals surface area contributed by atoms with Gasteiger partial charge in [0.05, 0.1) is 10.9 Å². The van der Waals surface area contributed by atoms with Gasteiger partial charge in [-0.15, -0.1) is 0 Å². The molecule has 1 aromatic carbocycles. The van der Waals surface area contributed by atoms with Crippen molar-refractivity contribution in [1.29, 1.82) is 0 Å². The van der Waals surface area contributed by atoms with E-state index < -0.39 is 17.6 Å². The topological polar surface area (TPSA) is 91.2 Å². The van der Waals surface area contributed by atoms with Crippen LogP contribution in [0.25, 0.3) is 0 Å². The second-order valence-electron chi connectivity index (χ2n) is 6.64. The Hall–Kier alpha value is -1.99. The van der Waals surface area contributed by atoms with Gasteiger partial charge in [0.15, 0.2) is 5.84 Å². The molecule has 0 radical (unpaired) electrons. The molecule has 1 fully saturated rings. The van der Waals surface area contributed by atoms with E-state index in [1.54, 1.807) is 26.8 Å².